The highest BCUT2D eigenvalue weighted by Gasteiger charge is 2.17. The van der Waals surface area contributed by atoms with E-state index in [-0.39, 0.29) is 16.8 Å². The number of benzene rings is 1. The first-order valence-electron chi connectivity index (χ1n) is 8.52. The predicted molar refractivity (Wildman–Crippen MR) is 103 cm³/mol. The van der Waals surface area contributed by atoms with Gasteiger partial charge < -0.3 is 5.32 Å². The van der Waals surface area contributed by atoms with Gasteiger partial charge in [0.15, 0.2) is 0 Å². The molecule has 0 radical (unpaired) electrons. The Kier molecular flexibility index (Phi) is 6.15. The second kappa shape index (κ2) is 7.97. The van der Waals surface area contributed by atoms with Crippen LogP contribution in [0, 0.1) is 20.8 Å². The molecule has 0 spiro atoms. The van der Waals surface area contributed by atoms with Gasteiger partial charge in [-0.2, -0.15) is 0 Å². The molecule has 2 rings (SSSR count). The number of pyridine rings is 1. The minimum atomic E-state index is -3.58. The van der Waals surface area contributed by atoms with Gasteiger partial charge in [-0.1, -0.05) is 6.92 Å². The zero-order valence-corrected chi connectivity index (χ0v) is 16.6. The summed E-state index contributed by atoms with van der Waals surface area (Å²) in [5.74, 6) is -0.305. The van der Waals surface area contributed by atoms with Crippen molar-refractivity contribution in [1.82, 2.24) is 9.71 Å². The Balaban J connectivity index is 2.20. The fourth-order valence-corrected chi connectivity index (χ4v) is 3.93. The van der Waals surface area contributed by atoms with Crippen molar-refractivity contribution in [1.29, 1.82) is 0 Å². The molecule has 0 aliphatic carbocycles. The number of carbonyl (C=O) groups is 1. The molecule has 2 aromatic rings. The molecule has 6 nitrogen and oxygen atoms in total. The van der Waals surface area contributed by atoms with Crippen molar-refractivity contribution in [2.75, 3.05) is 5.32 Å². The van der Waals surface area contributed by atoms with Crippen LogP contribution >= 0.6 is 0 Å². The van der Waals surface area contributed by atoms with Crippen LogP contribution in [0.25, 0.3) is 0 Å². The summed E-state index contributed by atoms with van der Waals surface area (Å²) in [6, 6.07) is 7.64. The summed E-state index contributed by atoms with van der Waals surface area (Å²) in [6.07, 6.45) is 0.697. The van der Waals surface area contributed by atoms with E-state index in [1.54, 1.807) is 6.92 Å². The highest BCUT2D eigenvalue weighted by Crippen LogP contribution is 2.20. The van der Waals surface area contributed by atoms with E-state index in [9.17, 15) is 13.2 Å². The second-order valence-electron chi connectivity index (χ2n) is 6.45. The van der Waals surface area contributed by atoms with Gasteiger partial charge in [0.25, 0.3) is 5.91 Å². The molecule has 1 unspecified atom stereocenters. The summed E-state index contributed by atoms with van der Waals surface area (Å²) in [6.45, 7) is 9.36. The number of amides is 1. The molecule has 1 amide bonds. The molecule has 0 fully saturated rings. The summed E-state index contributed by atoms with van der Waals surface area (Å²) in [7, 11) is -3.58. The third kappa shape index (κ3) is 4.68. The smallest absolute Gasteiger partial charge is 0.255 e. The maximum absolute atomic E-state index is 12.5. The molecule has 1 heterocycles. The van der Waals surface area contributed by atoms with Gasteiger partial charge >= 0.3 is 0 Å². The number of sulfonamides is 1. The average molecular weight is 375 g/mol. The molecule has 0 saturated heterocycles. The fraction of sp³-hybridized carbons (Fsp3) is 0.368. The fourth-order valence-electron chi connectivity index (χ4n) is 2.60. The molecular formula is C19H25N3O3S. The van der Waals surface area contributed by atoms with Crippen LogP contribution in [0.5, 0.6) is 0 Å². The van der Waals surface area contributed by atoms with Gasteiger partial charge in [0.1, 0.15) is 0 Å². The summed E-state index contributed by atoms with van der Waals surface area (Å²) >= 11 is 0. The lowest BCUT2D eigenvalue weighted by Gasteiger charge is -2.13. The van der Waals surface area contributed by atoms with Crippen LogP contribution in [0.1, 0.15) is 47.6 Å². The van der Waals surface area contributed by atoms with Gasteiger partial charge in [0.2, 0.25) is 10.0 Å². The minimum Gasteiger partial charge on any atom is -0.320 e. The third-order valence-electron chi connectivity index (χ3n) is 4.16. The zero-order chi connectivity index (χ0) is 19.5. The molecule has 1 atom stereocenters. The highest BCUT2D eigenvalue weighted by molar-refractivity contribution is 7.89. The van der Waals surface area contributed by atoms with E-state index in [4.69, 9.17) is 0 Å². The zero-order valence-electron chi connectivity index (χ0n) is 15.8. The molecule has 7 heteroatoms. The van der Waals surface area contributed by atoms with Gasteiger partial charge in [-0.3, -0.25) is 9.78 Å². The van der Waals surface area contributed by atoms with Crippen molar-refractivity contribution in [3.8, 4) is 0 Å². The van der Waals surface area contributed by atoms with Crippen LogP contribution in [0.4, 0.5) is 5.69 Å². The Hall–Kier alpha value is -2.25. The second-order valence-corrected chi connectivity index (χ2v) is 8.16. The third-order valence-corrected chi connectivity index (χ3v) is 5.77. The molecular weight excluding hydrogens is 350 g/mol. The van der Waals surface area contributed by atoms with Crippen LogP contribution < -0.4 is 10.0 Å². The predicted octanol–water partition coefficient (Wildman–Crippen LogP) is 3.34. The van der Waals surface area contributed by atoms with Gasteiger partial charge in [-0.05, 0) is 70.0 Å². The summed E-state index contributed by atoms with van der Waals surface area (Å²) < 4.78 is 27.1. The molecule has 140 valence electrons. The number of aromatic nitrogens is 1. The number of hydrogen-bond acceptors (Lipinski definition) is 4. The van der Waals surface area contributed by atoms with E-state index < -0.39 is 10.0 Å². The van der Waals surface area contributed by atoms with Crippen molar-refractivity contribution in [3.05, 3.63) is 52.8 Å². The number of nitrogens with one attached hydrogen (secondary N) is 2. The van der Waals surface area contributed by atoms with Gasteiger partial charge in [-0.25, -0.2) is 13.1 Å². The molecule has 0 aliphatic heterocycles. The molecule has 26 heavy (non-hydrogen) atoms. The number of carbonyl (C=O) groups excluding carboxylic acids is 1. The molecule has 0 bridgehead atoms. The van der Waals surface area contributed by atoms with Crippen molar-refractivity contribution in [2.24, 2.45) is 0 Å². The van der Waals surface area contributed by atoms with E-state index in [0.717, 1.165) is 17.0 Å². The Bertz CT molecular complexity index is 883. The number of aryl methyl sites for hydroxylation is 3. The van der Waals surface area contributed by atoms with Crippen molar-refractivity contribution in [3.63, 3.8) is 0 Å². The summed E-state index contributed by atoms with van der Waals surface area (Å²) in [4.78, 5) is 17.0. The summed E-state index contributed by atoms with van der Waals surface area (Å²) in [5.41, 5.74) is 3.62. The van der Waals surface area contributed by atoms with Crippen LogP contribution in [0.3, 0.4) is 0 Å². The number of hydrogen-bond donors (Lipinski definition) is 2. The normalized spacial score (nSPS) is 12.7. The van der Waals surface area contributed by atoms with Crippen molar-refractivity contribution >= 4 is 21.6 Å². The Morgan fingerprint density at radius 3 is 2.31 bits per heavy atom. The topological polar surface area (TPSA) is 88.2 Å². The summed E-state index contributed by atoms with van der Waals surface area (Å²) in [5, 5.41) is 2.86. The molecule has 1 aromatic carbocycles. The van der Waals surface area contributed by atoms with Crippen molar-refractivity contribution < 1.29 is 13.2 Å². The van der Waals surface area contributed by atoms with Crippen LogP contribution in [0.15, 0.2) is 35.2 Å². The molecule has 0 saturated carbocycles. The largest absolute Gasteiger partial charge is 0.320 e. The van der Waals surface area contributed by atoms with E-state index in [1.807, 2.05) is 33.8 Å². The van der Waals surface area contributed by atoms with Crippen molar-refractivity contribution in [2.45, 2.75) is 52.0 Å². The Morgan fingerprint density at radius 1 is 1.15 bits per heavy atom. The standard InChI is InChI=1S/C19H25N3O3S/c1-6-13(3)22-26(24,25)17-9-7-16(8-10-17)19(23)21-18-12(2)11-14(4)20-15(18)5/h7-11,13,22H,6H2,1-5H3,(H,21,23). The quantitative estimate of drug-likeness (QED) is 0.810. The highest BCUT2D eigenvalue weighted by atomic mass is 32.2. The Morgan fingerprint density at radius 2 is 1.77 bits per heavy atom. The monoisotopic (exact) mass is 375 g/mol. The van der Waals surface area contributed by atoms with Gasteiger partial charge in [0, 0.05) is 17.3 Å². The van der Waals surface area contributed by atoms with E-state index in [0.29, 0.717) is 17.7 Å². The van der Waals surface area contributed by atoms with E-state index in [2.05, 4.69) is 15.0 Å². The average Bonchev–Trinajstić information content (AvgIpc) is 2.57. The van der Waals surface area contributed by atoms with Gasteiger partial charge in [-0.15, -0.1) is 0 Å². The molecule has 0 aliphatic rings. The first-order chi connectivity index (χ1) is 12.1. The van der Waals surface area contributed by atoms with E-state index >= 15 is 0 Å². The maximum Gasteiger partial charge on any atom is 0.255 e. The van der Waals surface area contributed by atoms with Crippen LogP contribution in [0.2, 0.25) is 0 Å². The molecule has 2 N–H and O–H groups in total. The molecule has 1 aromatic heterocycles. The van der Waals surface area contributed by atoms with Crippen LogP contribution in [-0.4, -0.2) is 25.4 Å². The first-order valence-corrected chi connectivity index (χ1v) is 10.0. The lowest BCUT2D eigenvalue weighted by molar-refractivity contribution is 0.102. The van der Waals surface area contributed by atoms with Gasteiger partial charge in [0.05, 0.1) is 16.3 Å². The number of nitrogens with zero attached hydrogens (tertiary/aromatic N) is 1. The number of anilines is 1. The lowest BCUT2D eigenvalue weighted by atomic mass is 10.1. The number of rotatable bonds is 6. The lowest BCUT2D eigenvalue weighted by Crippen LogP contribution is -2.32. The van der Waals surface area contributed by atoms with Crippen LogP contribution in [-0.2, 0) is 10.0 Å². The maximum atomic E-state index is 12.5. The Labute approximate surface area is 155 Å². The minimum absolute atomic E-state index is 0.138. The SMILES string of the molecule is CCC(C)NS(=O)(=O)c1ccc(C(=O)Nc2c(C)cc(C)nc2C)cc1. The van der Waals surface area contributed by atoms with E-state index in [1.165, 1.54) is 24.3 Å². The first kappa shape index (κ1) is 20.1.